The zero-order valence-electron chi connectivity index (χ0n) is 11.7. The third kappa shape index (κ3) is 2.33. The summed E-state index contributed by atoms with van der Waals surface area (Å²) in [5, 5.41) is 15.4. The van der Waals surface area contributed by atoms with E-state index in [4.69, 9.17) is 0 Å². The molecule has 2 fully saturated rings. The van der Waals surface area contributed by atoms with Crippen LogP contribution in [0.5, 0.6) is 0 Å². The van der Waals surface area contributed by atoms with Crippen LogP contribution in [0.25, 0.3) is 10.9 Å². The summed E-state index contributed by atoms with van der Waals surface area (Å²) in [7, 11) is 0. The number of hydrogen-bond acceptors (Lipinski definition) is 4. The number of nitro benzene ring substituents is 1. The Morgan fingerprint density at radius 2 is 1.90 bits per heavy atom. The molecule has 2 aliphatic carbocycles. The second-order valence-electron chi connectivity index (χ2n) is 6.13. The van der Waals surface area contributed by atoms with Crippen LogP contribution in [-0.2, 0) is 0 Å². The van der Waals surface area contributed by atoms with Gasteiger partial charge in [-0.2, -0.15) is 0 Å². The molecule has 2 aromatic rings. The number of aromatic nitrogens is 1. The molecule has 0 radical (unpaired) electrons. The summed E-state index contributed by atoms with van der Waals surface area (Å²) in [6, 6.07) is 7.43. The molecule has 1 aromatic carbocycles. The lowest BCUT2D eigenvalue weighted by Gasteiger charge is -2.20. The number of anilines is 1. The van der Waals surface area contributed by atoms with Gasteiger partial charge in [-0.3, -0.25) is 15.1 Å². The fourth-order valence-corrected chi connectivity index (χ4v) is 3.14. The quantitative estimate of drug-likeness (QED) is 0.670. The number of nitrogens with zero attached hydrogens (tertiary/aromatic N) is 2. The maximum absolute atomic E-state index is 11.1. The Labute approximate surface area is 122 Å². The predicted octanol–water partition coefficient (Wildman–Crippen LogP) is 3.74. The number of non-ortho nitro benzene ring substituents is 1. The first-order chi connectivity index (χ1) is 10.2. The average Bonchev–Trinajstić information content (AvgIpc) is 3.38. The van der Waals surface area contributed by atoms with E-state index in [1.807, 2.05) is 6.07 Å². The standard InChI is InChI=1S/C16H17N3O2/c20-19(21)14-8-7-13(16-12(14)2-1-9-17-16)18-15(10-3-4-10)11-5-6-11/h1-2,7-11,15,18H,3-6H2. The molecule has 1 heterocycles. The number of benzene rings is 1. The Balaban J connectivity index is 1.74. The Kier molecular flexibility index (Phi) is 2.80. The summed E-state index contributed by atoms with van der Waals surface area (Å²) >= 11 is 0. The van der Waals surface area contributed by atoms with Crippen LogP contribution in [0.1, 0.15) is 25.7 Å². The molecule has 5 heteroatoms. The molecular weight excluding hydrogens is 266 g/mol. The summed E-state index contributed by atoms with van der Waals surface area (Å²) in [6.07, 6.45) is 6.89. The highest BCUT2D eigenvalue weighted by Gasteiger charge is 2.41. The highest BCUT2D eigenvalue weighted by atomic mass is 16.6. The van der Waals surface area contributed by atoms with Crippen LogP contribution in [0.4, 0.5) is 11.4 Å². The normalized spacial score (nSPS) is 18.1. The number of rotatable bonds is 5. The topological polar surface area (TPSA) is 68.1 Å². The maximum Gasteiger partial charge on any atom is 0.278 e. The van der Waals surface area contributed by atoms with Crippen LogP contribution in [0, 0.1) is 22.0 Å². The van der Waals surface area contributed by atoms with Crippen molar-refractivity contribution in [3.8, 4) is 0 Å². The van der Waals surface area contributed by atoms with Gasteiger partial charge >= 0.3 is 0 Å². The number of hydrogen-bond donors (Lipinski definition) is 1. The van der Waals surface area contributed by atoms with Gasteiger partial charge in [0.15, 0.2) is 0 Å². The summed E-state index contributed by atoms with van der Waals surface area (Å²) < 4.78 is 0. The van der Waals surface area contributed by atoms with E-state index in [9.17, 15) is 10.1 Å². The fraction of sp³-hybridized carbons (Fsp3) is 0.438. The summed E-state index contributed by atoms with van der Waals surface area (Å²) in [5.74, 6) is 1.54. The largest absolute Gasteiger partial charge is 0.380 e. The van der Waals surface area contributed by atoms with Gasteiger partial charge in [0.25, 0.3) is 5.69 Å². The van der Waals surface area contributed by atoms with E-state index in [0.29, 0.717) is 16.9 Å². The lowest BCUT2D eigenvalue weighted by atomic mass is 10.1. The van der Waals surface area contributed by atoms with E-state index in [1.165, 1.54) is 25.7 Å². The number of pyridine rings is 1. The molecule has 5 nitrogen and oxygen atoms in total. The smallest absolute Gasteiger partial charge is 0.278 e. The summed E-state index contributed by atoms with van der Waals surface area (Å²) in [6.45, 7) is 0. The third-order valence-electron chi connectivity index (χ3n) is 4.53. The van der Waals surface area contributed by atoms with Gasteiger partial charge in [-0.05, 0) is 55.7 Å². The van der Waals surface area contributed by atoms with Crippen molar-refractivity contribution < 1.29 is 4.92 Å². The molecule has 0 amide bonds. The van der Waals surface area contributed by atoms with Gasteiger partial charge in [0.05, 0.1) is 16.0 Å². The van der Waals surface area contributed by atoms with E-state index in [-0.39, 0.29) is 10.6 Å². The van der Waals surface area contributed by atoms with Crippen LogP contribution >= 0.6 is 0 Å². The third-order valence-corrected chi connectivity index (χ3v) is 4.53. The SMILES string of the molecule is O=[N+]([O-])c1ccc(NC(C2CC2)C2CC2)c2ncccc12. The molecule has 0 unspecified atom stereocenters. The molecule has 2 saturated carbocycles. The van der Waals surface area contributed by atoms with Gasteiger partial charge in [-0.25, -0.2) is 0 Å². The highest BCUT2D eigenvalue weighted by molar-refractivity contribution is 5.96. The van der Waals surface area contributed by atoms with E-state index in [1.54, 1.807) is 24.4 Å². The van der Waals surface area contributed by atoms with Crippen LogP contribution in [0.3, 0.4) is 0 Å². The van der Waals surface area contributed by atoms with Gasteiger partial charge < -0.3 is 5.32 Å². The molecular formula is C16H17N3O2. The number of nitro groups is 1. The minimum absolute atomic E-state index is 0.123. The monoisotopic (exact) mass is 283 g/mol. The lowest BCUT2D eigenvalue weighted by Crippen LogP contribution is -2.24. The molecule has 2 aliphatic rings. The summed E-state index contributed by atoms with van der Waals surface area (Å²) in [5.41, 5.74) is 1.76. The molecule has 0 spiro atoms. The molecule has 21 heavy (non-hydrogen) atoms. The van der Waals surface area contributed by atoms with Gasteiger partial charge in [0, 0.05) is 18.3 Å². The van der Waals surface area contributed by atoms with Gasteiger partial charge in [0.2, 0.25) is 0 Å². The van der Waals surface area contributed by atoms with Crippen LogP contribution in [-0.4, -0.2) is 15.9 Å². The van der Waals surface area contributed by atoms with Crippen molar-refractivity contribution in [2.75, 3.05) is 5.32 Å². The molecule has 1 aromatic heterocycles. The van der Waals surface area contributed by atoms with E-state index in [2.05, 4.69) is 10.3 Å². The molecule has 0 atom stereocenters. The molecule has 1 N–H and O–H groups in total. The zero-order valence-corrected chi connectivity index (χ0v) is 11.7. The van der Waals surface area contributed by atoms with Gasteiger partial charge in [-0.1, -0.05) is 0 Å². The Bertz CT molecular complexity index is 696. The minimum atomic E-state index is -0.340. The Morgan fingerprint density at radius 1 is 1.19 bits per heavy atom. The molecule has 108 valence electrons. The van der Waals surface area contributed by atoms with E-state index in [0.717, 1.165) is 17.5 Å². The molecule has 0 aliphatic heterocycles. The molecule has 0 saturated heterocycles. The van der Waals surface area contributed by atoms with Crippen LogP contribution in [0.2, 0.25) is 0 Å². The molecule has 4 rings (SSSR count). The number of fused-ring (bicyclic) bond motifs is 1. The summed E-state index contributed by atoms with van der Waals surface area (Å²) in [4.78, 5) is 15.2. The van der Waals surface area contributed by atoms with E-state index >= 15 is 0 Å². The van der Waals surface area contributed by atoms with Crippen molar-refractivity contribution in [3.63, 3.8) is 0 Å². The van der Waals surface area contributed by atoms with Gasteiger partial charge in [-0.15, -0.1) is 0 Å². The van der Waals surface area contributed by atoms with Crippen molar-refractivity contribution in [1.82, 2.24) is 4.98 Å². The fourth-order valence-electron chi connectivity index (χ4n) is 3.14. The first-order valence-electron chi connectivity index (χ1n) is 7.52. The van der Waals surface area contributed by atoms with Crippen molar-refractivity contribution in [2.24, 2.45) is 11.8 Å². The van der Waals surface area contributed by atoms with Crippen LogP contribution < -0.4 is 5.32 Å². The van der Waals surface area contributed by atoms with Crippen molar-refractivity contribution in [3.05, 3.63) is 40.6 Å². The molecule has 0 bridgehead atoms. The maximum atomic E-state index is 11.1. The average molecular weight is 283 g/mol. The number of nitrogens with one attached hydrogen (secondary N) is 1. The van der Waals surface area contributed by atoms with E-state index < -0.39 is 0 Å². The zero-order chi connectivity index (χ0) is 14.4. The van der Waals surface area contributed by atoms with Crippen molar-refractivity contribution in [1.29, 1.82) is 0 Å². The Hall–Kier alpha value is -2.17. The minimum Gasteiger partial charge on any atom is -0.380 e. The predicted molar refractivity (Wildman–Crippen MR) is 81.3 cm³/mol. The van der Waals surface area contributed by atoms with Crippen molar-refractivity contribution in [2.45, 2.75) is 31.7 Å². The first kappa shape index (κ1) is 12.6. The highest BCUT2D eigenvalue weighted by Crippen LogP contribution is 2.46. The van der Waals surface area contributed by atoms with Gasteiger partial charge in [0.1, 0.15) is 5.52 Å². The second kappa shape index (κ2) is 4.69. The second-order valence-corrected chi connectivity index (χ2v) is 6.13. The lowest BCUT2D eigenvalue weighted by molar-refractivity contribution is -0.383. The van der Waals surface area contributed by atoms with Crippen LogP contribution in [0.15, 0.2) is 30.5 Å². The first-order valence-corrected chi connectivity index (χ1v) is 7.52. The Morgan fingerprint density at radius 3 is 2.52 bits per heavy atom. The van der Waals surface area contributed by atoms with Crippen molar-refractivity contribution >= 4 is 22.3 Å².